The van der Waals surface area contributed by atoms with Crippen LogP contribution in [0.3, 0.4) is 0 Å². The number of benzene rings is 1. The summed E-state index contributed by atoms with van der Waals surface area (Å²) >= 11 is 3.42. The van der Waals surface area contributed by atoms with Crippen molar-refractivity contribution in [2.45, 2.75) is 12.8 Å². The SMILES string of the molecule is COc1ccc(Br)cc1C(C)CON. The summed E-state index contributed by atoms with van der Waals surface area (Å²) in [4.78, 5) is 4.63. The number of ether oxygens (including phenoxy) is 1. The van der Waals surface area contributed by atoms with Crippen LogP contribution in [-0.4, -0.2) is 13.7 Å². The second-order valence-corrected chi connectivity index (χ2v) is 4.04. The second-order valence-electron chi connectivity index (χ2n) is 3.12. The van der Waals surface area contributed by atoms with Gasteiger partial charge in [-0.05, 0) is 18.2 Å². The lowest BCUT2D eigenvalue weighted by Crippen LogP contribution is -2.09. The van der Waals surface area contributed by atoms with Crippen LogP contribution in [-0.2, 0) is 4.84 Å². The van der Waals surface area contributed by atoms with Gasteiger partial charge in [0.2, 0.25) is 0 Å². The van der Waals surface area contributed by atoms with Crippen LogP contribution in [0.4, 0.5) is 0 Å². The first kappa shape index (κ1) is 11.5. The standard InChI is InChI=1S/C10H14BrNO2/c1-7(6-14-12)9-5-8(11)3-4-10(9)13-2/h3-5,7H,6,12H2,1-2H3. The molecule has 14 heavy (non-hydrogen) atoms. The molecule has 0 spiro atoms. The third-order valence-corrected chi connectivity index (χ3v) is 2.56. The summed E-state index contributed by atoms with van der Waals surface area (Å²) in [5.74, 6) is 6.12. The van der Waals surface area contributed by atoms with E-state index in [9.17, 15) is 0 Å². The number of hydrogen-bond acceptors (Lipinski definition) is 3. The summed E-state index contributed by atoms with van der Waals surface area (Å²) < 4.78 is 6.28. The molecule has 1 atom stereocenters. The zero-order valence-electron chi connectivity index (χ0n) is 8.29. The lowest BCUT2D eigenvalue weighted by molar-refractivity contribution is 0.126. The normalized spacial score (nSPS) is 12.6. The van der Waals surface area contributed by atoms with E-state index in [-0.39, 0.29) is 5.92 Å². The van der Waals surface area contributed by atoms with E-state index in [1.807, 2.05) is 25.1 Å². The van der Waals surface area contributed by atoms with Crippen molar-refractivity contribution in [1.29, 1.82) is 0 Å². The number of halogens is 1. The smallest absolute Gasteiger partial charge is 0.122 e. The van der Waals surface area contributed by atoms with Crippen LogP contribution in [0.25, 0.3) is 0 Å². The minimum absolute atomic E-state index is 0.215. The Morgan fingerprint density at radius 2 is 2.21 bits per heavy atom. The first-order chi connectivity index (χ1) is 6.69. The molecule has 1 rings (SSSR count). The first-order valence-corrected chi connectivity index (χ1v) is 5.13. The summed E-state index contributed by atoms with van der Waals surface area (Å²) in [6.45, 7) is 2.52. The molecule has 0 saturated heterocycles. The van der Waals surface area contributed by atoms with Gasteiger partial charge in [-0.15, -0.1) is 0 Å². The summed E-state index contributed by atoms with van der Waals surface area (Å²) in [7, 11) is 1.66. The third-order valence-electron chi connectivity index (χ3n) is 2.07. The Kier molecular flexibility index (Phi) is 4.38. The van der Waals surface area contributed by atoms with Gasteiger partial charge in [0.15, 0.2) is 0 Å². The van der Waals surface area contributed by atoms with E-state index in [1.165, 1.54) is 0 Å². The van der Waals surface area contributed by atoms with Gasteiger partial charge in [0.1, 0.15) is 5.75 Å². The van der Waals surface area contributed by atoms with Crippen molar-refractivity contribution >= 4 is 15.9 Å². The highest BCUT2D eigenvalue weighted by atomic mass is 79.9. The molecular formula is C10H14BrNO2. The zero-order chi connectivity index (χ0) is 10.6. The number of rotatable bonds is 4. The maximum atomic E-state index is 5.25. The Morgan fingerprint density at radius 1 is 1.50 bits per heavy atom. The minimum Gasteiger partial charge on any atom is -0.496 e. The monoisotopic (exact) mass is 259 g/mol. The molecule has 0 aromatic heterocycles. The maximum Gasteiger partial charge on any atom is 0.122 e. The number of nitrogens with two attached hydrogens (primary N) is 1. The van der Waals surface area contributed by atoms with Gasteiger partial charge in [0, 0.05) is 16.0 Å². The molecular weight excluding hydrogens is 246 g/mol. The predicted octanol–water partition coefficient (Wildman–Crippen LogP) is 2.45. The average Bonchev–Trinajstić information content (AvgIpc) is 2.18. The molecule has 0 heterocycles. The fourth-order valence-corrected chi connectivity index (χ4v) is 1.70. The van der Waals surface area contributed by atoms with E-state index in [2.05, 4.69) is 20.8 Å². The third kappa shape index (κ3) is 2.70. The topological polar surface area (TPSA) is 44.5 Å². The molecule has 0 fully saturated rings. The molecule has 4 heteroatoms. The Labute approximate surface area is 92.3 Å². The quantitative estimate of drug-likeness (QED) is 0.846. The van der Waals surface area contributed by atoms with Crippen molar-refractivity contribution < 1.29 is 9.57 Å². The highest BCUT2D eigenvalue weighted by Gasteiger charge is 2.11. The fourth-order valence-electron chi connectivity index (χ4n) is 1.32. The molecule has 0 aliphatic rings. The van der Waals surface area contributed by atoms with Gasteiger partial charge in [-0.1, -0.05) is 22.9 Å². The van der Waals surface area contributed by atoms with Gasteiger partial charge in [-0.25, -0.2) is 5.90 Å². The van der Waals surface area contributed by atoms with Crippen molar-refractivity contribution in [2.24, 2.45) is 5.90 Å². The Bertz CT molecular complexity index is 304. The van der Waals surface area contributed by atoms with E-state index < -0.39 is 0 Å². The molecule has 0 amide bonds. The molecule has 0 bridgehead atoms. The maximum absolute atomic E-state index is 5.25. The van der Waals surface area contributed by atoms with E-state index in [0.29, 0.717) is 6.61 Å². The second kappa shape index (κ2) is 5.34. The van der Waals surface area contributed by atoms with Crippen LogP contribution in [0.5, 0.6) is 5.75 Å². The van der Waals surface area contributed by atoms with Crippen LogP contribution in [0.2, 0.25) is 0 Å². The van der Waals surface area contributed by atoms with Crippen molar-refractivity contribution in [1.82, 2.24) is 0 Å². The van der Waals surface area contributed by atoms with E-state index >= 15 is 0 Å². The van der Waals surface area contributed by atoms with Crippen molar-refractivity contribution in [3.05, 3.63) is 28.2 Å². The number of hydrogen-bond donors (Lipinski definition) is 1. The van der Waals surface area contributed by atoms with Gasteiger partial charge >= 0.3 is 0 Å². The van der Waals surface area contributed by atoms with E-state index in [0.717, 1.165) is 15.8 Å². The van der Waals surface area contributed by atoms with Crippen LogP contribution >= 0.6 is 15.9 Å². The molecule has 1 unspecified atom stereocenters. The molecule has 1 aromatic carbocycles. The van der Waals surface area contributed by atoms with Gasteiger partial charge in [-0.3, -0.25) is 0 Å². The molecule has 0 saturated carbocycles. The highest BCUT2D eigenvalue weighted by Crippen LogP contribution is 2.29. The van der Waals surface area contributed by atoms with E-state index in [4.69, 9.17) is 10.6 Å². The molecule has 3 nitrogen and oxygen atoms in total. The van der Waals surface area contributed by atoms with E-state index in [1.54, 1.807) is 7.11 Å². The predicted molar refractivity (Wildman–Crippen MR) is 59.2 cm³/mol. The lowest BCUT2D eigenvalue weighted by Gasteiger charge is -2.14. The van der Waals surface area contributed by atoms with Gasteiger partial charge in [-0.2, -0.15) is 0 Å². The highest BCUT2D eigenvalue weighted by molar-refractivity contribution is 9.10. The number of methoxy groups -OCH3 is 1. The van der Waals surface area contributed by atoms with Gasteiger partial charge in [0.05, 0.1) is 13.7 Å². The van der Waals surface area contributed by atoms with Crippen molar-refractivity contribution in [2.75, 3.05) is 13.7 Å². The molecule has 0 aliphatic carbocycles. The minimum atomic E-state index is 0.215. The summed E-state index contributed by atoms with van der Waals surface area (Å²) in [5, 5.41) is 0. The lowest BCUT2D eigenvalue weighted by atomic mass is 10.0. The summed E-state index contributed by atoms with van der Waals surface area (Å²) in [5.41, 5.74) is 1.09. The first-order valence-electron chi connectivity index (χ1n) is 4.34. The van der Waals surface area contributed by atoms with Crippen molar-refractivity contribution in [3.63, 3.8) is 0 Å². The molecule has 2 N–H and O–H groups in total. The Balaban J connectivity index is 2.97. The van der Waals surface area contributed by atoms with Gasteiger partial charge < -0.3 is 9.57 Å². The summed E-state index contributed by atoms with van der Waals surface area (Å²) in [6.07, 6.45) is 0. The zero-order valence-corrected chi connectivity index (χ0v) is 9.87. The van der Waals surface area contributed by atoms with Crippen LogP contribution in [0, 0.1) is 0 Å². The van der Waals surface area contributed by atoms with Crippen molar-refractivity contribution in [3.8, 4) is 5.75 Å². The Morgan fingerprint density at radius 3 is 2.79 bits per heavy atom. The molecule has 0 aliphatic heterocycles. The molecule has 78 valence electrons. The largest absolute Gasteiger partial charge is 0.496 e. The summed E-state index contributed by atoms with van der Waals surface area (Å²) in [6, 6.07) is 5.88. The van der Waals surface area contributed by atoms with Crippen LogP contribution in [0.1, 0.15) is 18.4 Å². The van der Waals surface area contributed by atoms with Gasteiger partial charge in [0.25, 0.3) is 0 Å². The fraction of sp³-hybridized carbons (Fsp3) is 0.400. The molecule has 1 aromatic rings. The Hall–Kier alpha value is -0.580. The van der Waals surface area contributed by atoms with Crippen LogP contribution < -0.4 is 10.6 Å². The molecule has 0 radical (unpaired) electrons. The van der Waals surface area contributed by atoms with Crippen LogP contribution in [0.15, 0.2) is 22.7 Å². The average molecular weight is 260 g/mol.